The normalized spacial score (nSPS) is 19.2. The lowest BCUT2D eigenvalue weighted by Gasteiger charge is -2.37. The van der Waals surface area contributed by atoms with E-state index in [0.717, 1.165) is 30.0 Å². The summed E-state index contributed by atoms with van der Waals surface area (Å²) < 4.78 is 30.6. The summed E-state index contributed by atoms with van der Waals surface area (Å²) in [4.78, 5) is 40.8. The maximum atomic E-state index is 14.0. The predicted octanol–water partition coefficient (Wildman–Crippen LogP) is 5.65. The van der Waals surface area contributed by atoms with Gasteiger partial charge in [0, 0.05) is 25.5 Å². The largest absolute Gasteiger partial charge is 0.445 e. The number of hydrogen-bond donors (Lipinski definition) is 3. The molecule has 2 rings (SSSR count). The summed E-state index contributed by atoms with van der Waals surface area (Å²) in [6.45, 7) is 5.25. The van der Waals surface area contributed by atoms with Crippen molar-refractivity contribution in [2.75, 3.05) is 27.3 Å². The zero-order chi connectivity index (χ0) is 32.2. The van der Waals surface area contributed by atoms with Crippen molar-refractivity contribution in [1.29, 1.82) is 0 Å². The van der Waals surface area contributed by atoms with Crippen LogP contribution in [0.3, 0.4) is 0 Å². The van der Waals surface area contributed by atoms with Crippen LogP contribution < -0.4 is 5.32 Å². The predicted molar refractivity (Wildman–Crippen MR) is 169 cm³/mol. The first-order chi connectivity index (χ1) is 20.3. The Morgan fingerprint density at radius 2 is 1.81 bits per heavy atom. The second-order valence-corrected chi connectivity index (χ2v) is 14.0. The molecular formula is C29H47ClN3O8PS. The molecule has 5 atom stereocenters. The van der Waals surface area contributed by atoms with Crippen LogP contribution in [0.25, 0.3) is 0 Å². The molecule has 1 aliphatic carbocycles. The minimum Gasteiger partial charge on any atom is -0.445 e. The Bertz CT molecular complexity index is 1100. The monoisotopic (exact) mass is 663 g/mol. The number of halogens is 1. The fraction of sp³-hybridized carbons (Fsp3) is 0.690. The van der Waals surface area contributed by atoms with Gasteiger partial charge in [0.05, 0.1) is 19.3 Å². The third kappa shape index (κ3) is 11.6. The molecule has 1 aliphatic rings. The lowest BCUT2D eigenvalue weighted by Crippen LogP contribution is -2.52. The first kappa shape index (κ1) is 37.4. The van der Waals surface area contributed by atoms with E-state index in [1.54, 1.807) is 52.2 Å². The number of carbonyl (C=O) groups excluding carboxylic acids is 3. The Hall–Kier alpha value is -1.82. The van der Waals surface area contributed by atoms with E-state index in [1.165, 1.54) is 4.90 Å². The van der Waals surface area contributed by atoms with Crippen LogP contribution in [0.2, 0.25) is 5.02 Å². The third-order valence-electron chi connectivity index (χ3n) is 7.66. The van der Waals surface area contributed by atoms with Gasteiger partial charge in [0.2, 0.25) is 5.91 Å². The fourth-order valence-corrected chi connectivity index (χ4v) is 7.71. The molecule has 2 N–H and O–H groups in total. The number of rotatable bonds is 16. The van der Waals surface area contributed by atoms with E-state index < -0.39 is 37.5 Å². The van der Waals surface area contributed by atoms with Gasteiger partial charge in [-0.2, -0.15) is 0 Å². The van der Waals surface area contributed by atoms with Crippen molar-refractivity contribution in [3.8, 4) is 0 Å². The first-order valence-corrected chi connectivity index (χ1v) is 17.2. The molecule has 0 aromatic heterocycles. The van der Waals surface area contributed by atoms with Gasteiger partial charge in [-0.25, -0.2) is 4.79 Å². The maximum Gasteiger partial charge on any atom is 0.408 e. The van der Waals surface area contributed by atoms with Crippen molar-refractivity contribution in [3.05, 3.63) is 34.9 Å². The number of aliphatic hydroxyl groups is 1. The smallest absolute Gasteiger partial charge is 0.408 e. The number of nitrogens with one attached hydrogen (secondary N) is 1. The highest BCUT2D eigenvalue weighted by molar-refractivity contribution is 7.78. The molecule has 14 heteroatoms. The third-order valence-corrected chi connectivity index (χ3v) is 10.6. The second-order valence-electron chi connectivity index (χ2n) is 11.0. The summed E-state index contributed by atoms with van der Waals surface area (Å²) in [6, 6.07) is 4.58. The van der Waals surface area contributed by atoms with Crippen molar-refractivity contribution in [2.24, 2.45) is 11.8 Å². The second kappa shape index (κ2) is 18.2. The molecule has 3 amide bonds. The summed E-state index contributed by atoms with van der Waals surface area (Å²) in [5.74, 6) is -2.22. The highest BCUT2D eigenvalue weighted by Gasteiger charge is 2.45. The van der Waals surface area contributed by atoms with E-state index in [2.05, 4.69) is 25.1 Å². The number of benzene rings is 1. The summed E-state index contributed by atoms with van der Waals surface area (Å²) in [5.41, 5.74) is 0.679. The minimum absolute atomic E-state index is 0.0135. The minimum atomic E-state index is -4.13. The molecule has 1 aromatic rings. The van der Waals surface area contributed by atoms with Gasteiger partial charge < -0.3 is 29.1 Å². The number of amides is 3. The number of ether oxygens (including phenoxy) is 1. The Morgan fingerprint density at radius 1 is 1.16 bits per heavy atom. The molecule has 244 valence electrons. The molecule has 0 bridgehead atoms. The van der Waals surface area contributed by atoms with E-state index in [0.29, 0.717) is 22.9 Å². The van der Waals surface area contributed by atoms with Gasteiger partial charge in [-0.05, 0) is 56.2 Å². The highest BCUT2D eigenvalue weighted by atomic mass is 35.5. The topological polar surface area (TPSA) is 135 Å². The first-order valence-electron chi connectivity index (χ1n) is 14.8. The van der Waals surface area contributed by atoms with Crippen LogP contribution in [0.15, 0.2) is 24.3 Å². The number of thiol groups is 1. The molecule has 0 heterocycles. The van der Waals surface area contributed by atoms with Crippen LogP contribution in [0, 0.1) is 11.8 Å². The zero-order valence-corrected chi connectivity index (χ0v) is 28.3. The molecule has 0 spiro atoms. The molecule has 0 saturated heterocycles. The number of carbonyl (C=O) groups is 3. The van der Waals surface area contributed by atoms with Crippen LogP contribution in [-0.2, 0) is 34.5 Å². The standard InChI is InChI=1S/C29H47ClN3O8PS/c1-6-40-42(38,41-7-2)28(36)25(15-16-26(34)32(4)5)33(43)27(35)24(18-22-13-9-8-11-20(22)3)31-29(37)39-19-21-12-10-14-23(30)17-21/h10,12,14,17,20,22,24-25,28,36,43H,6-9,11,13,15-16,18-19H2,1-5H3,(H,31,37)/t20?,22?,24?,25-,28?/m0/s1. The van der Waals surface area contributed by atoms with Crippen LogP contribution in [0.4, 0.5) is 4.79 Å². The maximum absolute atomic E-state index is 14.0. The summed E-state index contributed by atoms with van der Waals surface area (Å²) in [5, 5.41) is 14.5. The van der Waals surface area contributed by atoms with Crippen molar-refractivity contribution >= 4 is 49.9 Å². The number of nitrogens with zero attached hydrogens (tertiary/aromatic N) is 2. The average molecular weight is 664 g/mol. The number of alkyl carbamates (subject to hydrolysis) is 1. The number of aliphatic hydroxyl groups excluding tert-OH is 1. The summed E-state index contributed by atoms with van der Waals surface area (Å²) in [7, 11) is -0.957. The van der Waals surface area contributed by atoms with Crippen LogP contribution in [0.1, 0.15) is 71.3 Å². The lowest BCUT2D eigenvalue weighted by atomic mass is 9.77. The van der Waals surface area contributed by atoms with E-state index in [1.807, 2.05) is 0 Å². The molecule has 1 aromatic carbocycles. The van der Waals surface area contributed by atoms with Crippen LogP contribution >= 0.6 is 32.0 Å². The van der Waals surface area contributed by atoms with E-state index in [4.69, 9.17) is 25.4 Å². The van der Waals surface area contributed by atoms with Crippen LogP contribution in [-0.4, -0.2) is 77.5 Å². The van der Waals surface area contributed by atoms with Crippen LogP contribution in [0.5, 0.6) is 0 Å². The van der Waals surface area contributed by atoms with Gasteiger partial charge in [0.1, 0.15) is 12.6 Å². The van der Waals surface area contributed by atoms with Crippen molar-refractivity contribution < 1.29 is 37.8 Å². The fourth-order valence-electron chi connectivity index (χ4n) is 5.20. The van der Waals surface area contributed by atoms with Crippen molar-refractivity contribution in [3.63, 3.8) is 0 Å². The Kier molecular flexibility index (Phi) is 15.8. The molecule has 1 fully saturated rings. The molecule has 0 radical (unpaired) electrons. The summed E-state index contributed by atoms with van der Waals surface area (Å²) in [6.07, 6.45) is 3.37. The van der Waals surface area contributed by atoms with Gasteiger partial charge in [-0.1, -0.05) is 69.2 Å². The van der Waals surface area contributed by atoms with Crippen molar-refractivity contribution in [1.82, 2.24) is 14.5 Å². The van der Waals surface area contributed by atoms with Gasteiger partial charge in [0.25, 0.3) is 5.91 Å². The quantitative estimate of drug-likeness (QED) is 0.153. The van der Waals surface area contributed by atoms with E-state index in [9.17, 15) is 24.1 Å². The average Bonchev–Trinajstić information content (AvgIpc) is 2.96. The summed E-state index contributed by atoms with van der Waals surface area (Å²) >= 11 is 10.5. The van der Waals surface area contributed by atoms with Crippen molar-refractivity contribution in [2.45, 2.75) is 90.3 Å². The van der Waals surface area contributed by atoms with Gasteiger partial charge in [-0.15, -0.1) is 0 Å². The van der Waals surface area contributed by atoms with E-state index >= 15 is 0 Å². The molecule has 4 unspecified atom stereocenters. The number of hydrogen-bond acceptors (Lipinski definition) is 9. The van der Waals surface area contributed by atoms with Gasteiger partial charge >= 0.3 is 13.7 Å². The zero-order valence-electron chi connectivity index (χ0n) is 25.7. The van der Waals surface area contributed by atoms with Gasteiger partial charge in [0.15, 0.2) is 5.85 Å². The molecule has 43 heavy (non-hydrogen) atoms. The Morgan fingerprint density at radius 3 is 2.40 bits per heavy atom. The SMILES string of the molecule is CCOP(=O)(OCC)C(O)[C@H](CCC(=O)N(C)C)N(S)C(=O)C(CC1CCCCC1C)NC(=O)OCc1cccc(Cl)c1. The molecule has 11 nitrogen and oxygen atoms in total. The lowest BCUT2D eigenvalue weighted by molar-refractivity contribution is -0.133. The Balaban J connectivity index is 2.34. The van der Waals surface area contributed by atoms with E-state index in [-0.39, 0.29) is 44.5 Å². The molecule has 1 saturated carbocycles. The molecular weight excluding hydrogens is 617 g/mol. The van der Waals surface area contributed by atoms with Gasteiger partial charge in [-0.3, -0.25) is 18.5 Å². The molecule has 0 aliphatic heterocycles. The Labute approximate surface area is 266 Å². The highest BCUT2D eigenvalue weighted by Crippen LogP contribution is 2.54.